The predicted molar refractivity (Wildman–Crippen MR) is 94.6 cm³/mol. The molecule has 2 aromatic heterocycles. The van der Waals surface area contributed by atoms with Gasteiger partial charge in [-0.1, -0.05) is 19.1 Å². The van der Waals surface area contributed by atoms with Gasteiger partial charge >= 0.3 is 5.69 Å². The van der Waals surface area contributed by atoms with Crippen molar-refractivity contribution in [2.45, 2.75) is 39.2 Å². The van der Waals surface area contributed by atoms with Crippen LogP contribution in [-0.2, 0) is 17.8 Å². The molecule has 1 fully saturated rings. The number of rotatable bonds is 3. The van der Waals surface area contributed by atoms with Crippen LogP contribution in [0.25, 0.3) is 16.6 Å². The van der Waals surface area contributed by atoms with Gasteiger partial charge in [-0.2, -0.15) is 0 Å². The minimum atomic E-state index is -0.296. The van der Waals surface area contributed by atoms with Crippen molar-refractivity contribution in [1.82, 2.24) is 24.1 Å². The minimum Gasteiger partial charge on any atom is -0.341 e. The predicted octanol–water partition coefficient (Wildman–Crippen LogP) is 1.62. The van der Waals surface area contributed by atoms with Crippen LogP contribution in [0.15, 0.2) is 29.1 Å². The maximum Gasteiger partial charge on any atom is 0.352 e. The highest BCUT2D eigenvalue weighted by molar-refractivity contribution is 5.91. The molecule has 0 aliphatic carbocycles. The number of hydrogen-bond acceptors (Lipinski definition) is 4. The van der Waals surface area contributed by atoms with Gasteiger partial charge in [0.15, 0.2) is 5.65 Å². The molecule has 7 heteroatoms. The fourth-order valence-electron chi connectivity index (χ4n) is 3.48. The van der Waals surface area contributed by atoms with Gasteiger partial charge in [0, 0.05) is 24.9 Å². The number of amides is 1. The van der Waals surface area contributed by atoms with E-state index < -0.39 is 0 Å². The van der Waals surface area contributed by atoms with Crippen LogP contribution < -0.4 is 5.69 Å². The number of benzene rings is 1. The van der Waals surface area contributed by atoms with Gasteiger partial charge < -0.3 is 4.90 Å². The zero-order chi connectivity index (χ0) is 17.4. The number of nitrogens with zero attached hydrogens (tertiary/aromatic N) is 5. The van der Waals surface area contributed by atoms with Crippen LogP contribution in [0, 0.1) is 0 Å². The third-order valence-electron chi connectivity index (χ3n) is 4.80. The van der Waals surface area contributed by atoms with Crippen molar-refractivity contribution < 1.29 is 4.79 Å². The largest absolute Gasteiger partial charge is 0.352 e. The fraction of sp³-hybridized carbons (Fsp3) is 0.444. The third-order valence-corrected chi connectivity index (χ3v) is 4.80. The van der Waals surface area contributed by atoms with Crippen molar-refractivity contribution >= 4 is 22.5 Å². The molecule has 25 heavy (non-hydrogen) atoms. The smallest absolute Gasteiger partial charge is 0.341 e. The van der Waals surface area contributed by atoms with E-state index >= 15 is 0 Å². The van der Waals surface area contributed by atoms with Crippen molar-refractivity contribution in [1.29, 1.82) is 0 Å². The number of fused-ring (bicyclic) bond motifs is 3. The van der Waals surface area contributed by atoms with Crippen LogP contribution in [0.3, 0.4) is 0 Å². The van der Waals surface area contributed by atoms with E-state index in [0.717, 1.165) is 43.3 Å². The average Bonchev–Trinajstić information content (AvgIpc) is 2.98. The van der Waals surface area contributed by atoms with E-state index in [-0.39, 0.29) is 18.1 Å². The van der Waals surface area contributed by atoms with Gasteiger partial charge in [-0.15, -0.1) is 5.10 Å². The van der Waals surface area contributed by atoms with Gasteiger partial charge in [-0.25, -0.2) is 18.9 Å². The van der Waals surface area contributed by atoms with Crippen molar-refractivity contribution in [3.05, 3.63) is 40.6 Å². The topological polar surface area (TPSA) is 72.5 Å². The van der Waals surface area contributed by atoms with Crippen LogP contribution in [0.5, 0.6) is 0 Å². The molecule has 1 aliphatic rings. The summed E-state index contributed by atoms with van der Waals surface area (Å²) in [7, 11) is 0. The molecule has 3 aromatic rings. The van der Waals surface area contributed by atoms with E-state index in [1.165, 1.54) is 9.08 Å². The van der Waals surface area contributed by atoms with Gasteiger partial charge in [-0.3, -0.25) is 4.79 Å². The second kappa shape index (κ2) is 6.31. The second-order valence-electron chi connectivity index (χ2n) is 6.44. The second-order valence-corrected chi connectivity index (χ2v) is 6.44. The van der Waals surface area contributed by atoms with E-state index in [4.69, 9.17) is 0 Å². The first-order chi connectivity index (χ1) is 12.2. The number of aromatic nitrogens is 4. The lowest BCUT2D eigenvalue weighted by atomic mass is 10.1. The van der Waals surface area contributed by atoms with E-state index in [1.54, 1.807) is 0 Å². The fourth-order valence-corrected chi connectivity index (χ4v) is 3.48. The van der Waals surface area contributed by atoms with Crippen LogP contribution >= 0.6 is 0 Å². The van der Waals surface area contributed by atoms with Crippen molar-refractivity contribution in [2.24, 2.45) is 0 Å². The molecule has 0 bridgehead atoms. The molecule has 1 aliphatic heterocycles. The Morgan fingerprint density at radius 2 is 1.92 bits per heavy atom. The van der Waals surface area contributed by atoms with Crippen LogP contribution in [0.4, 0.5) is 0 Å². The first-order valence-electron chi connectivity index (χ1n) is 8.84. The zero-order valence-corrected chi connectivity index (χ0v) is 14.3. The lowest BCUT2D eigenvalue weighted by molar-refractivity contribution is -0.133. The normalized spacial score (nSPS) is 15.2. The van der Waals surface area contributed by atoms with Crippen LogP contribution in [0.2, 0.25) is 0 Å². The highest BCUT2D eigenvalue weighted by Crippen LogP contribution is 2.17. The van der Waals surface area contributed by atoms with E-state index in [2.05, 4.69) is 10.1 Å². The summed E-state index contributed by atoms with van der Waals surface area (Å²) in [6.45, 7) is 3.48. The van der Waals surface area contributed by atoms with Gasteiger partial charge in [-0.05, 0) is 31.4 Å². The minimum absolute atomic E-state index is 0.0159. The van der Waals surface area contributed by atoms with Crippen LogP contribution in [0.1, 0.15) is 32.0 Å². The molecule has 0 N–H and O–H groups in total. The standard InChI is InChI=1S/C18H21N5O2/c1-2-15-19-14-9-5-4-8-13(14)17-20-22(18(25)23(15)17)12-16(24)21-10-6-3-7-11-21/h4-5,8-9H,2-3,6-7,10-12H2,1H3. The summed E-state index contributed by atoms with van der Waals surface area (Å²) in [6, 6.07) is 7.63. The van der Waals surface area contributed by atoms with E-state index in [1.807, 2.05) is 36.1 Å². The molecule has 3 heterocycles. The molecule has 1 saturated heterocycles. The quantitative estimate of drug-likeness (QED) is 0.727. The van der Waals surface area contributed by atoms with Crippen LogP contribution in [-0.4, -0.2) is 43.1 Å². The Morgan fingerprint density at radius 3 is 2.68 bits per heavy atom. The molecule has 1 aromatic carbocycles. The SMILES string of the molecule is CCc1nc2ccccc2c2nn(CC(=O)N3CCCCC3)c(=O)n12. The zero-order valence-electron chi connectivity index (χ0n) is 14.3. The molecule has 130 valence electrons. The molecular weight excluding hydrogens is 318 g/mol. The molecule has 0 radical (unpaired) electrons. The first kappa shape index (κ1) is 15.8. The molecular formula is C18H21N5O2. The number of carbonyl (C=O) groups is 1. The van der Waals surface area contributed by atoms with Gasteiger partial charge in [0.25, 0.3) is 0 Å². The van der Waals surface area contributed by atoms with Gasteiger partial charge in [0.05, 0.1) is 5.52 Å². The highest BCUT2D eigenvalue weighted by Gasteiger charge is 2.20. The van der Waals surface area contributed by atoms with Crippen molar-refractivity contribution in [3.8, 4) is 0 Å². The summed E-state index contributed by atoms with van der Waals surface area (Å²) in [4.78, 5) is 31.7. The maximum absolute atomic E-state index is 12.8. The Hall–Kier alpha value is -2.70. The number of para-hydroxylation sites is 1. The van der Waals surface area contributed by atoms with E-state index in [9.17, 15) is 9.59 Å². The first-order valence-corrected chi connectivity index (χ1v) is 8.84. The van der Waals surface area contributed by atoms with Crippen molar-refractivity contribution in [3.63, 3.8) is 0 Å². The highest BCUT2D eigenvalue weighted by atomic mass is 16.2. The summed E-state index contributed by atoms with van der Waals surface area (Å²) in [5.74, 6) is 0.621. The third kappa shape index (κ3) is 2.69. The Morgan fingerprint density at radius 1 is 1.16 bits per heavy atom. The van der Waals surface area contributed by atoms with Gasteiger partial charge in [0.1, 0.15) is 12.4 Å². The van der Waals surface area contributed by atoms with Gasteiger partial charge in [0.2, 0.25) is 5.91 Å². The molecule has 0 atom stereocenters. The Labute approximate surface area is 144 Å². The summed E-state index contributed by atoms with van der Waals surface area (Å²) >= 11 is 0. The molecule has 7 nitrogen and oxygen atoms in total. The number of likely N-dealkylation sites (tertiary alicyclic amines) is 1. The Balaban J connectivity index is 1.80. The maximum atomic E-state index is 12.8. The number of hydrogen-bond donors (Lipinski definition) is 0. The van der Waals surface area contributed by atoms with E-state index in [0.29, 0.717) is 17.9 Å². The Bertz CT molecular complexity index is 998. The molecule has 4 rings (SSSR count). The number of carbonyl (C=O) groups excluding carboxylic acids is 1. The molecule has 1 amide bonds. The molecule has 0 unspecified atom stereocenters. The monoisotopic (exact) mass is 339 g/mol. The number of aryl methyl sites for hydroxylation is 1. The lowest BCUT2D eigenvalue weighted by Crippen LogP contribution is -2.39. The number of piperidine rings is 1. The molecule has 0 spiro atoms. The summed E-state index contributed by atoms with van der Waals surface area (Å²) in [6.07, 6.45) is 3.84. The lowest BCUT2D eigenvalue weighted by Gasteiger charge is -2.26. The van der Waals surface area contributed by atoms with Crippen molar-refractivity contribution in [2.75, 3.05) is 13.1 Å². The Kier molecular flexibility index (Phi) is 3.99. The molecule has 0 saturated carbocycles. The summed E-state index contributed by atoms with van der Waals surface area (Å²) in [5.41, 5.74) is 1.08. The average molecular weight is 339 g/mol. The summed E-state index contributed by atoms with van der Waals surface area (Å²) < 4.78 is 2.81. The summed E-state index contributed by atoms with van der Waals surface area (Å²) in [5, 5.41) is 5.28.